The van der Waals surface area contributed by atoms with Crippen LogP contribution in [0.15, 0.2) is 18.2 Å². The Kier molecular flexibility index (Phi) is 5.00. The van der Waals surface area contributed by atoms with E-state index in [2.05, 4.69) is 46.5 Å². The molecule has 2 aromatic rings. The monoisotopic (exact) mass is 354 g/mol. The molecule has 26 heavy (non-hydrogen) atoms. The molecule has 1 aromatic carbocycles. The maximum Gasteiger partial charge on any atom is 0.267 e. The maximum absolute atomic E-state index is 12.7. The summed E-state index contributed by atoms with van der Waals surface area (Å²) >= 11 is 0. The largest absolute Gasteiger partial charge is 0.351 e. The highest BCUT2D eigenvalue weighted by Crippen LogP contribution is 2.25. The number of nitrogens with zero attached hydrogens (tertiary/aromatic N) is 1. The van der Waals surface area contributed by atoms with Crippen LogP contribution in [0.4, 0.5) is 0 Å². The molecule has 1 saturated heterocycles. The zero-order chi connectivity index (χ0) is 18.1. The zero-order valence-electron chi connectivity index (χ0n) is 15.9. The van der Waals surface area contributed by atoms with Crippen LogP contribution >= 0.6 is 0 Å². The summed E-state index contributed by atoms with van der Waals surface area (Å²) in [5, 5.41) is 7.82. The number of carbonyl (C=O) groups is 1. The summed E-state index contributed by atoms with van der Waals surface area (Å²) in [5.74, 6) is 0.0314. The van der Waals surface area contributed by atoms with E-state index in [4.69, 9.17) is 0 Å². The van der Waals surface area contributed by atoms with Gasteiger partial charge in [-0.3, -0.25) is 9.69 Å². The number of piperazine rings is 1. The molecule has 2 aliphatic rings. The van der Waals surface area contributed by atoms with E-state index in [9.17, 15) is 4.79 Å². The summed E-state index contributed by atoms with van der Waals surface area (Å²) in [6.45, 7) is 8.73. The molecule has 2 fully saturated rings. The fourth-order valence-electron chi connectivity index (χ4n) is 4.62. The Morgan fingerprint density at radius 2 is 1.81 bits per heavy atom. The van der Waals surface area contributed by atoms with Crippen LogP contribution in [-0.2, 0) is 0 Å². The fourth-order valence-corrected chi connectivity index (χ4v) is 4.62. The van der Waals surface area contributed by atoms with E-state index in [0.717, 1.165) is 49.9 Å². The Morgan fingerprint density at radius 1 is 1.08 bits per heavy atom. The van der Waals surface area contributed by atoms with Gasteiger partial charge in [0.05, 0.1) is 0 Å². The third-order valence-corrected chi connectivity index (χ3v) is 6.03. The molecule has 3 N–H and O–H groups in total. The minimum Gasteiger partial charge on any atom is -0.351 e. The number of rotatable bonds is 3. The van der Waals surface area contributed by atoms with Crippen molar-refractivity contribution in [3.05, 3.63) is 35.0 Å². The standard InChI is InChI=1S/C21H30N4O/c1-14-11-15(2)18-13-20(24-19(18)12-14)21(26)23-16-3-5-17(6-4-16)25-9-7-22-8-10-25/h11-13,16-17,22,24H,3-10H2,1-2H3,(H,23,26). The van der Waals surface area contributed by atoms with Crippen molar-refractivity contribution < 1.29 is 4.79 Å². The minimum atomic E-state index is 0.0314. The number of fused-ring (bicyclic) bond motifs is 1. The SMILES string of the molecule is Cc1cc(C)c2cc(C(=O)NC3CCC(N4CCNCC4)CC3)[nH]c2c1. The Hall–Kier alpha value is -1.85. The molecule has 140 valence electrons. The third-order valence-electron chi connectivity index (χ3n) is 6.03. The summed E-state index contributed by atoms with van der Waals surface area (Å²) in [6.07, 6.45) is 4.54. The van der Waals surface area contributed by atoms with Crippen molar-refractivity contribution in [2.24, 2.45) is 0 Å². The van der Waals surface area contributed by atoms with E-state index in [0.29, 0.717) is 17.8 Å². The lowest BCUT2D eigenvalue weighted by Crippen LogP contribution is -2.50. The molecule has 1 amide bonds. The van der Waals surface area contributed by atoms with E-state index in [1.54, 1.807) is 0 Å². The molecule has 2 heterocycles. The van der Waals surface area contributed by atoms with Crippen molar-refractivity contribution in [2.75, 3.05) is 26.2 Å². The van der Waals surface area contributed by atoms with Crippen molar-refractivity contribution in [3.63, 3.8) is 0 Å². The van der Waals surface area contributed by atoms with Gasteiger partial charge in [0.1, 0.15) is 5.69 Å². The van der Waals surface area contributed by atoms with E-state index in [-0.39, 0.29) is 5.91 Å². The number of hydrogen-bond acceptors (Lipinski definition) is 3. The minimum absolute atomic E-state index is 0.0314. The first-order valence-corrected chi connectivity index (χ1v) is 9.96. The number of aromatic amines is 1. The molecule has 1 aliphatic carbocycles. The zero-order valence-corrected chi connectivity index (χ0v) is 15.9. The predicted octanol–water partition coefficient (Wildman–Crippen LogP) is 2.73. The van der Waals surface area contributed by atoms with E-state index >= 15 is 0 Å². The number of amides is 1. The lowest BCUT2D eigenvalue weighted by Gasteiger charge is -2.39. The molecule has 5 heteroatoms. The van der Waals surface area contributed by atoms with Gasteiger partial charge in [-0.25, -0.2) is 0 Å². The van der Waals surface area contributed by atoms with Crippen LogP contribution in [0.1, 0.15) is 47.3 Å². The first kappa shape index (κ1) is 17.6. The lowest BCUT2D eigenvalue weighted by molar-refractivity contribution is 0.0890. The topological polar surface area (TPSA) is 60.2 Å². The first-order chi connectivity index (χ1) is 12.6. The Bertz CT molecular complexity index is 783. The summed E-state index contributed by atoms with van der Waals surface area (Å²) in [6, 6.07) is 7.26. The molecule has 0 unspecified atom stereocenters. The van der Waals surface area contributed by atoms with Crippen molar-refractivity contribution >= 4 is 16.8 Å². The van der Waals surface area contributed by atoms with Gasteiger partial charge in [-0.05, 0) is 62.8 Å². The number of nitrogens with one attached hydrogen (secondary N) is 3. The second kappa shape index (κ2) is 7.41. The van der Waals surface area contributed by atoms with Crippen molar-refractivity contribution in [1.29, 1.82) is 0 Å². The van der Waals surface area contributed by atoms with Gasteiger partial charge in [0, 0.05) is 49.2 Å². The van der Waals surface area contributed by atoms with E-state index in [1.807, 2.05) is 6.07 Å². The third kappa shape index (κ3) is 3.64. The molecule has 1 saturated carbocycles. The van der Waals surface area contributed by atoms with E-state index < -0.39 is 0 Å². The van der Waals surface area contributed by atoms with Crippen molar-refractivity contribution in [1.82, 2.24) is 20.5 Å². The van der Waals surface area contributed by atoms with Gasteiger partial charge < -0.3 is 15.6 Å². The molecule has 0 atom stereocenters. The van der Waals surface area contributed by atoms with Crippen LogP contribution in [0.5, 0.6) is 0 Å². The van der Waals surface area contributed by atoms with Crippen LogP contribution in [0.25, 0.3) is 10.9 Å². The molecule has 0 radical (unpaired) electrons. The lowest BCUT2D eigenvalue weighted by atomic mass is 9.89. The van der Waals surface area contributed by atoms with Gasteiger partial charge in [0.2, 0.25) is 0 Å². The number of benzene rings is 1. The van der Waals surface area contributed by atoms with E-state index in [1.165, 1.54) is 24.0 Å². The highest BCUT2D eigenvalue weighted by molar-refractivity contribution is 5.99. The Morgan fingerprint density at radius 3 is 2.54 bits per heavy atom. The van der Waals surface area contributed by atoms with Gasteiger partial charge in [-0.1, -0.05) is 6.07 Å². The second-order valence-electron chi connectivity index (χ2n) is 7.99. The van der Waals surface area contributed by atoms with Gasteiger partial charge >= 0.3 is 0 Å². The van der Waals surface area contributed by atoms with Gasteiger partial charge in [0.15, 0.2) is 0 Å². The van der Waals surface area contributed by atoms with Crippen LogP contribution in [0.3, 0.4) is 0 Å². The molecule has 1 aromatic heterocycles. The average Bonchev–Trinajstić information content (AvgIpc) is 3.08. The molecule has 0 spiro atoms. The normalized spacial score (nSPS) is 24.7. The summed E-state index contributed by atoms with van der Waals surface area (Å²) in [5.41, 5.74) is 4.16. The van der Waals surface area contributed by atoms with Crippen molar-refractivity contribution in [2.45, 2.75) is 51.6 Å². The number of H-pyrrole nitrogens is 1. The summed E-state index contributed by atoms with van der Waals surface area (Å²) < 4.78 is 0. The highest BCUT2D eigenvalue weighted by atomic mass is 16.1. The number of hydrogen-bond donors (Lipinski definition) is 3. The molecule has 4 rings (SSSR count). The van der Waals surface area contributed by atoms with Crippen LogP contribution in [0.2, 0.25) is 0 Å². The molecular formula is C21H30N4O. The molecular weight excluding hydrogens is 324 g/mol. The Labute approximate surface area is 155 Å². The number of aryl methyl sites for hydroxylation is 2. The van der Waals surface area contributed by atoms with Gasteiger partial charge in [0.25, 0.3) is 5.91 Å². The van der Waals surface area contributed by atoms with Crippen molar-refractivity contribution in [3.8, 4) is 0 Å². The van der Waals surface area contributed by atoms with Crippen LogP contribution in [-0.4, -0.2) is 54.1 Å². The van der Waals surface area contributed by atoms with Crippen LogP contribution < -0.4 is 10.6 Å². The van der Waals surface area contributed by atoms with Gasteiger partial charge in [-0.15, -0.1) is 0 Å². The predicted molar refractivity (Wildman–Crippen MR) is 106 cm³/mol. The maximum atomic E-state index is 12.7. The number of aromatic nitrogens is 1. The second-order valence-corrected chi connectivity index (χ2v) is 7.99. The van der Waals surface area contributed by atoms with Crippen LogP contribution in [0, 0.1) is 13.8 Å². The van der Waals surface area contributed by atoms with Gasteiger partial charge in [-0.2, -0.15) is 0 Å². The molecule has 1 aliphatic heterocycles. The highest BCUT2D eigenvalue weighted by Gasteiger charge is 2.27. The fraction of sp³-hybridized carbons (Fsp3) is 0.571. The summed E-state index contributed by atoms with van der Waals surface area (Å²) in [4.78, 5) is 18.6. The molecule has 5 nitrogen and oxygen atoms in total. The Balaban J connectivity index is 1.36. The first-order valence-electron chi connectivity index (χ1n) is 9.96. The summed E-state index contributed by atoms with van der Waals surface area (Å²) in [7, 11) is 0. The quantitative estimate of drug-likeness (QED) is 0.794. The average molecular weight is 354 g/mol. The smallest absolute Gasteiger partial charge is 0.267 e. The number of carbonyl (C=O) groups excluding carboxylic acids is 1. The molecule has 0 bridgehead atoms.